The Balaban J connectivity index is 1.61. The van der Waals surface area contributed by atoms with E-state index in [1.165, 1.54) is 63.0 Å². The first kappa shape index (κ1) is 16.5. The maximum Gasteiger partial charge on any atom is 0.0625 e. The predicted octanol–water partition coefficient (Wildman–Crippen LogP) is 2.81. The zero-order chi connectivity index (χ0) is 15.1. The molecule has 0 radical (unpaired) electrons. The number of rotatable bonds is 7. The fraction of sp³-hybridized carbons (Fsp3) is 0.824. The largest absolute Gasteiger partial charge is 0.313 e. The average molecular weight is 292 g/mol. The van der Waals surface area contributed by atoms with Crippen molar-refractivity contribution < 1.29 is 0 Å². The van der Waals surface area contributed by atoms with Crippen LogP contribution in [0.4, 0.5) is 0 Å². The molecule has 21 heavy (non-hydrogen) atoms. The predicted molar refractivity (Wildman–Crippen MR) is 88.8 cm³/mol. The van der Waals surface area contributed by atoms with Gasteiger partial charge < -0.3 is 10.2 Å². The minimum Gasteiger partial charge on any atom is -0.313 e. The third kappa shape index (κ3) is 5.44. The molecule has 1 fully saturated rings. The quantitative estimate of drug-likeness (QED) is 0.760. The summed E-state index contributed by atoms with van der Waals surface area (Å²) in [7, 11) is 0. The monoisotopic (exact) mass is 292 g/mol. The van der Waals surface area contributed by atoms with Crippen LogP contribution in [0.15, 0.2) is 0 Å². The Kier molecular flexibility index (Phi) is 6.71. The van der Waals surface area contributed by atoms with Gasteiger partial charge in [-0.15, -0.1) is 0 Å². The van der Waals surface area contributed by atoms with Gasteiger partial charge in [0.2, 0.25) is 0 Å². The molecule has 0 amide bonds. The Labute approximate surface area is 129 Å². The number of aryl methyl sites for hydroxylation is 2. The molecular formula is C17H32N4. The highest BCUT2D eigenvalue weighted by molar-refractivity contribution is 5.23. The third-order valence-corrected chi connectivity index (χ3v) is 4.61. The summed E-state index contributed by atoms with van der Waals surface area (Å²) in [5, 5.41) is 11.0. The Morgan fingerprint density at radius 2 is 1.90 bits per heavy atom. The van der Waals surface area contributed by atoms with Gasteiger partial charge in [-0.25, -0.2) is 0 Å². The summed E-state index contributed by atoms with van der Waals surface area (Å²) in [5.74, 6) is 0. The first-order valence-corrected chi connectivity index (χ1v) is 8.63. The van der Waals surface area contributed by atoms with Crippen molar-refractivity contribution in [1.82, 2.24) is 20.4 Å². The molecule has 4 heteroatoms. The van der Waals surface area contributed by atoms with Gasteiger partial charge in [0.25, 0.3) is 0 Å². The van der Waals surface area contributed by atoms with Crippen LogP contribution in [0.2, 0.25) is 0 Å². The summed E-state index contributed by atoms with van der Waals surface area (Å²) in [6.07, 6.45) is 7.91. The topological polar surface area (TPSA) is 44.0 Å². The second-order valence-corrected chi connectivity index (χ2v) is 6.59. The van der Waals surface area contributed by atoms with Crippen molar-refractivity contribution in [2.75, 3.05) is 26.2 Å². The lowest BCUT2D eigenvalue weighted by Crippen LogP contribution is -2.40. The van der Waals surface area contributed by atoms with E-state index in [1.54, 1.807) is 0 Å². The summed E-state index contributed by atoms with van der Waals surface area (Å²) < 4.78 is 0. The molecule has 0 aliphatic carbocycles. The highest BCUT2D eigenvalue weighted by atomic mass is 15.1. The highest BCUT2D eigenvalue weighted by Gasteiger charge is 2.12. The highest BCUT2D eigenvalue weighted by Crippen LogP contribution is 2.12. The van der Waals surface area contributed by atoms with Crippen LogP contribution in [-0.2, 0) is 6.42 Å². The van der Waals surface area contributed by atoms with Gasteiger partial charge in [0.15, 0.2) is 0 Å². The molecule has 0 bridgehead atoms. The molecule has 1 aromatic rings. The normalized spacial score (nSPS) is 18.6. The van der Waals surface area contributed by atoms with Gasteiger partial charge in [-0.3, -0.25) is 5.10 Å². The smallest absolute Gasteiger partial charge is 0.0625 e. The van der Waals surface area contributed by atoms with Crippen molar-refractivity contribution >= 4 is 0 Å². The van der Waals surface area contributed by atoms with Gasteiger partial charge in [0, 0.05) is 18.3 Å². The van der Waals surface area contributed by atoms with E-state index in [0.29, 0.717) is 6.04 Å². The molecule has 2 rings (SSSR count). The van der Waals surface area contributed by atoms with Crippen molar-refractivity contribution in [3.05, 3.63) is 17.0 Å². The molecule has 1 aromatic heterocycles. The van der Waals surface area contributed by atoms with Gasteiger partial charge >= 0.3 is 0 Å². The van der Waals surface area contributed by atoms with E-state index in [-0.39, 0.29) is 0 Å². The van der Waals surface area contributed by atoms with Crippen LogP contribution >= 0.6 is 0 Å². The Bertz CT molecular complexity index is 385. The fourth-order valence-electron chi connectivity index (χ4n) is 3.33. The second kappa shape index (κ2) is 8.54. The minimum absolute atomic E-state index is 0.592. The van der Waals surface area contributed by atoms with Gasteiger partial charge in [-0.2, -0.15) is 5.10 Å². The standard InChI is InChI=1S/C17H32N4/c1-14(13-21-11-6-4-5-7-12-21)18-10-8-9-17-15(2)19-20-16(17)3/h14,18H,4-13H2,1-3H3,(H,19,20). The fourth-order valence-corrected chi connectivity index (χ4v) is 3.33. The van der Waals surface area contributed by atoms with E-state index >= 15 is 0 Å². The first-order chi connectivity index (χ1) is 10.2. The van der Waals surface area contributed by atoms with Crippen molar-refractivity contribution in [2.24, 2.45) is 0 Å². The molecule has 1 saturated heterocycles. The van der Waals surface area contributed by atoms with Gasteiger partial charge in [0.1, 0.15) is 0 Å². The molecule has 0 spiro atoms. The van der Waals surface area contributed by atoms with Crippen molar-refractivity contribution in [3.63, 3.8) is 0 Å². The third-order valence-electron chi connectivity index (χ3n) is 4.61. The molecule has 120 valence electrons. The Morgan fingerprint density at radius 3 is 2.52 bits per heavy atom. The number of aromatic nitrogens is 2. The van der Waals surface area contributed by atoms with Gasteiger partial charge in [-0.1, -0.05) is 12.8 Å². The Hall–Kier alpha value is -0.870. The zero-order valence-corrected chi connectivity index (χ0v) is 14.0. The van der Waals surface area contributed by atoms with E-state index in [1.807, 2.05) is 0 Å². The molecule has 0 saturated carbocycles. The minimum atomic E-state index is 0.592. The Morgan fingerprint density at radius 1 is 1.19 bits per heavy atom. The molecule has 1 aliphatic heterocycles. The van der Waals surface area contributed by atoms with Gasteiger partial charge in [-0.05, 0) is 71.7 Å². The van der Waals surface area contributed by atoms with Crippen LogP contribution in [0.3, 0.4) is 0 Å². The van der Waals surface area contributed by atoms with E-state index in [2.05, 4.69) is 41.2 Å². The number of likely N-dealkylation sites (tertiary alicyclic amines) is 1. The molecule has 1 atom stereocenters. The number of H-pyrrole nitrogens is 1. The number of nitrogens with one attached hydrogen (secondary N) is 2. The number of nitrogens with zero attached hydrogens (tertiary/aromatic N) is 2. The van der Waals surface area contributed by atoms with Crippen LogP contribution < -0.4 is 5.32 Å². The lowest BCUT2D eigenvalue weighted by Gasteiger charge is -2.24. The molecule has 2 N–H and O–H groups in total. The van der Waals surface area contributed by atoms with Gasteiger partial charge in [0.05, 0.1) is 5.69 Å². The van der Waals surface area contributed by atoms with Crippen molar-refractivity contribution in [2.45, 2.75) is 65.3 Å². The molecular weight excluding hydrogens is 260 g/mol. The zero-order valence-electron chi connectivity index (χ0n) is 14.0. The van der Waals surface area contributed by atoms with Crippen LogP contribution in [0.5, 0.6) is 0 Å². The summed E-state index contributed by atoms with van der Waals surface area (Å²) in [6, 6.07) is 0.592. The second-order valence-electron chi connectivity index (χ2n) is 6.59. The van der Waals surface area contributed by atoms with Crippen LogP contribution in [-0.4, -0.2) is 47.3 Å². The summed E-state index contributed by atoms with van der Waals surface area (Å²) >= 11 is 0. The van der Waals surface area contributed by atoms with Crippen molar-refractivity contribution in [1.29, 1.82) is 0 Å². The lowest BCUT2D eigenvalue weighted by atomic mass is 10.1. The molecule has 1 aliphatic rings. The number of hydrogen-bond acceptors (Lipinski definition) is 3. The van der Waals surface area contributed by atoms with Crippen LogP contribution in [0.25, 0.3) is 0 Å². The molecule has 2 heterocycles. The van der Waals surface area contributed by atoms with E-state index in [9.17, 15) is 0 Å². The molecule has 1 unspecified atom stereocenters. The summed E-state index contributed by atoms with van der Waals surface area (Å²) in [5.41, 5.74) is 3.78. The SMILES string of the molecule is Cc1n[nH]c(C)c1CCCNC(C)CN1CCCCCC1. The lowest BCUT2D eigenvalue weighted by molar-refractivity contribution is 0.256. The average Bonchev–Trinajstić information content (AvgIpc) is 2.68. The van der Waals surface area contributed by atoms with Crippen LogP contribution in [0.1, 0.15) is 56.0 Å². The van der Waals surface area contributed by atoms with Crippen LogP contribution in [0, 0.1) is 13.8 Å². The van der Waals surface area contributed by atoms with E-state index < -0.39 is 0 Å². The number of aromatic amines is 1. The summed E-state index contributed by atoms with van der Waals surface area (Å²) in [6.45, 7) is 11.4. The molecule has 0 aromatic carbocycles. The maximum absolute atomic E-state index is 4.26. The number of hydrogen-bond donors (Lipinski definition) is 2. The van der Waals surface area contributed by atoms with E-state index in [4.69, 9.17) is 0 Å². The molecule has 4 nitrogen and oxygen atoms in total. The van der Waals surface area contributed by atoms with E-state index in [0.717, 1.165) is 18.7 Å². The summed E-state index contributed by atoms with van der Waals surface area (Å²) in [4.78, 5) is 2.63. The van der Waals surface area contributed by atoms with Crippen molar-refractivity contribution in [3.8, 4) is 0 Å². The maximum atomic E-state index is 4.26. The first-order valence-electron chi connectivity index (χ1n) is 8.63.